The van der Waals surface area contributed by atoms with Gasteiger partial charge in [-0.3, -0.25) is 0 Å². The maximum Gasteiger partial charge on any atom is 0.0220 e. The van der Waals surface area contributed by atoms with Crippen LogP contribution in [0.25, 0.3) is 0 Å². The number of hydrogen-bond donors (Lipinski definition) is 0. The first-order valence-electron chi connectivity index (χ1n) is 5.67. The molecule has 0 N–H and O–H groups in total. The number of hydrogen-bond acceptors (Lipinski definition) is 1. The number of benzene rings is 2. The molecule has 16 heavy (non-hydrogen) atoms. The van der Waals surface area contributed by atoms with Gasteiger partial charge in [0.05, 0.1) is 0 Å². The van der Waals surface area contributed by atoms with E-state index in [0.29, 0.717) is 11.2 Å². The van der Waals surface area contributed by atoms with Crippen molar-refractivity contribution < 1.29 is 0 Å². The van der Waals surface area contributed by atoms with Crippen molar-refractivity contribution in [1.29, 1.82) is 0 Å². The van der Waals surface area contributed by atoms with E-state index >= 15 is 0 Å². The fourth-order valence-electron chi connectivity index (χ4n) is 2.48. The summed E-state index contributed by atoms with van der Waals surface area (Å²) in [7, 11) is 0. The van der Waals surface area contributed by atoms with Gasteiger partial charge < -0.3 is 0 Å². The van der Waals surface area contributed by atoms with Crippen molar-refractivity contribution in [2.75, 3.05) is 0 Å². The first-order valence-corrected chi connectivity index (χ1v) is 6.55. The zero-order chi connectivity index (χ0) is 11.0. The fraction of sp³-hybridized carbons (Fsp3) is 0.200. The summed E-state index contributed by atoms with van der Waals surface area (Å²) in [5.74, 6) is 0.558. The minimum absolute atomic E-state index is 0.558. The molecule has 0 radical (unpaired) electrons. The summed E-state index contributed by atoms with van der Waals surface area (Å²) in [6, 6.07) is 19.6. The van der Waals surface area contributed by atoms with Crippen molar-refractivity contribution >= 4 is 11.8 Å². The average molecular weight is 226 g/mol. The number of fused-ring (bicyclic) bond motifs is 1. The van der Waals surface area contributed by atoms with Gasteiger partial charge in [0, 0.05) is 16.1 Å². The molecule has 80 valence electrons. The quantitative estimate of drug-likeness (QED) is 0.698. The molecular formula is C15H14S. The summed E-state index contributed by atoms with van der Waals surface area (Å²) in [6.45, 7) is 2.32. The van der Waals surface area contributed by atoms with Crippen molar-refractivity contribution in [3.05, 3.63) is 65.7 Å². The van der Waals surface area contributed by atoms with Crippen LogP contribution >= 0.6 is 11.8 Å². The Kier molecular flexibility index (Phi) is 2.49. The molecule has 1 aliphatic rings. The van der Waals surface area contributed by atoms with E-state index in [2.05, 4.69) is 61.5 Å². The van der Waals surface area contributed by atoms with E-state index in [4.69, 9.17) is 0 Å². The van der Waals surface area contributed by atoms with Crippen LogP contribution < -0.4 is 0 Å². The van der Waals surface area contributed by atoms with Crippen molar-refractivity contribution in [3.8, 4) is 0 Å². The van der Waals surface area contributed by atoms with Crippen molar-refractivity contribution in [3.63, 3.8) is 0 Å². The van der Waals surface area contributed by atoms with E-state index in [-0.39, 0.29) is 0 Å². The average Bonchev–Trinajstić information content (AvgIpc) is 2.66. The SMILES string of the molecule is CC1Sc2ccccc2C1c1ccccc1. The lowest BCUT2D eigenvalue weighted by Gasteiger charge is -2.16. The maximum atomic E-state index is 2.32. The third kappa shape index (κ3) is 1.56. The highest BCUT2D eigenvalue weighted by Gasteiger charge is 2.30. The van der Waals surface area contributed by atoms with E-state index < -0.39 is 0 Å². The van der Waals surface area contributed by atoms with Crippen LogP contribution in [0, 0.1) is 0 Å². The van der Waals surface area contributed by atoms with Crippen LogP contribution in [-0.4, -0.2) is 5.25 Å². The Hall–Kier alpha value is -1.21. The topological polar surface area (TPSA) is 0 Å². The Morgan fingerprint density at radius 1 is 0.875 bits per heavy atom. The monoisotopic (exact) mass is 226 g/mol. The van der Waals surface area contributed by atoms with Crippen LogP contribution in [0.4, 0.5) is 0 Å². The summed E-state index contributed by atoms with van der Waals surface area (Å²) in [5.41, 5.74) is 2.93. The molecule has 0 fully saturated rings. The Morgan fingerprint density at radius 3 is 2.38 bits per heavy atom. The second kappa shape index (κ2) is 3.99. The Labute approximate surface area is 101 Å². The van der Waals surface area contributed by atoms with Crippen molar-refractivity contribution in [2.45, 2.75) is 23.0 Å². The van der Waals surface area contributed by atoms with E-state index in [1.165, 1.54) is 16.0 Å². The summed E-state index contributed by atoms with van der Waals surface area (Å²) >= 11 is 1.99. The highest BCUT2D eigenvalue weighted by Crippen LogP contribution is 2.47. The van der Waals surface area contributed by atoms with E-state index in [1.54, 1.807) is 0 Å². The molecule has 2 aromatic carbocycles. The Bertz CT molecular complexity index is 490. The van der Waals surface area contributed by atoms with Gasteiger partial charge in [-0.05, 0) is 17.2 Å². The molecular weight excluding hydrogens is 212 g/mol. The van der Waals surface area contributed by atoms with E-state index in [1.807, 2.05) is 11.8 Å². The standard InChI is InChI=1S/C15H14S/c1-11-15(12-7-3-2-4-8-12)13-9-5-6-10-14(13)16-11/h2-11,15H,1H3. The van der Waals surface area contributed by atoms with Gasteiger partial charge in [-0.25, -0.2) is 0 Å². The minimum atomic E-state index is 0.558. The zero-order valence-corrected chi connectivity index (χ0v) is 10.1. The zero-order valence-electron chi connectivity index (χ0n) is 9.26. The fourth-order valence-corrected chi connectivity index (χ4v) is 3.81. The molecule has 2 unspecified atom stereocenters. The van der Waals surface area contributed by atoms with Gasteiger partial charge >= 0.3 is 0 Å². The molecule has 0 nitrogen and oxygen atoms in total. The van der Waals surface area contributed by atoms with Gasteiger partial charge in [-0.1, -0.05) is 55.5 Å². The van der Waals surface area contributed by atoms with Crippen LogP contribution in [0.1, 0.15) is 24.0 Å². The molecule has 0 aliphatic carbocycles. The van der Waals surface area contributed by atoms with Gasteiger partial charge in [-0.2, -0.15) is 0 Å². The van der Waals surface area contributed by atoms with E-state index in [0.717, 1.165) is 0 Å². The molecule has 3 rings (SSSR count). The Morgan fingerprint density at radius 2 is 1.56 bits per heavy atom. The lowest BCUT2D eigenvalue weighted by Crippen LogP contribution is -2.07. The van der Waals surface area contributed by atoms with Crippen LogP contribution in [0.15, 0.2) is 59.5 Å². The highest BCUT2D eigenvalue weighted by atomic mass is 32.2. The molecule has 0 saturated carbocycles. The van der Waals surface area contributed by atoms with Crippen LogP contribution in [-0.2, 0) is 0 Å². The lowest BCUT2D eigenvalue weighted by atomic mass is 9.89. The number of rotatable bonds is 1. The molecule has 0 aromatic heterocycles. The molecule has 1 aliphatic heterocycles. The van der Waals surface area contributed by atoms with Crippen molar-refractivity contribution in [1.82, 2.24) is 0 Å². The molecule has 0 saturated heterocycles. The molecule has 1 heterocycles. The smallest absolute Gasteiger partial charge is 0.0220 e. The van der Waals surface area contributed by atoms with Gasteiger partial charge in [0.1, 0.15) is 0 Å². The largest absolute Gasteiger partial charge is 0.122 e. The van der Waals surface area contributed by atoms with Gasteiger partial charge in [0.15, 0.2) is 0 Å². The molecule has 2 atom stereocenters. The van der Waals surface area contributed by atoms with Crippen LogP contribution in [0.2, 0.25) is 0 Å². The normalized spacial score (nSPS) is 23.1. The Balaban J connectivity index is 2.09. The van der Waals surface area contributed by atoms with Gasteiger partial charge in [0.2, 0.25) is 0 Å². The summed E-state index contributed by atoms with van der Waals surface area (Å²) in [6.07, 6.45) is 0. The van der Waals surface area contributed by atoms with Crippen LogP contribution in [0.5, 0.6) is 0 Å². The van der Waals surface area contributed by atoms with Gasteiger partial charge in [0.25, 0.3) is 0 Å². The minimum Gasteiger partial charge on any atom is -0.122 e. The maximum absolute atomic E-state index is 2.32. The molecule has 2 aromatic rings. The third-order valence-corrected chi connectivity index (χ3v) is 4.46. The van der Waals surface area contributed by atoms with E-state index in [9.17, 15) is 0 Å². The third-order valence-electron chi connectivity index (χ3n) is 3.20. The first kappa shape index (κ1) is 9.98. The van der Waals surface area contributed by atoms with Gasteiger partial charge in [-0.15, -0.1) is 11.8 Å². The predicted octanol–water partition coefficient (Wildman–Crippen LogP) is 4.31. The number of thioether (sulfide) groups is 1. The first-order chi connectivity index (χ1) is 7.86. The highest BCUT2D eigenvalue weighted by molar-refractivity contribution is 8.00. The molecule has 0 spiro atoms. The summed E-state index contributed by atoms with van der Waals surface area (Å²) < 4.78 is 0. The lowest BCUT2D eigenvalue weighted by molar-refractivity contribution is 0.807. The second-order valence-corrected chi connectivity index (χ2v) is 5.67. The summed E-state index contributed by atoms with van der Waals surface area (Å²) in [4.78, 5) is 1.45. The summed E-state index contributed by atoms with van der Waals surface area (Å²) in [5, 5.41) is 0.639. The van der Waals surface area contributed by atoms with Crippen LogP contribution in [0.3, 0.4) is 0 Å². The molecule has 0 bridgehead atoms. The van der Waals surface area contributed by atoms with Crippen molar-refractivity contribution in [2.24, 2.45) is 0 Å². The second-order valence-electron chi connectivity index (χ2n) is 4.25. The molecule has 1 heteroatoms. The predicted molar refractivity (Wildman–Crippen MR) is 70.0 cm³/mol. The molecule has 0 amide bonds.